The first-order valence-corrected chi connectivity index (χ1v) is 17.8. The molecule has 0 saturated carbocycles. The van der Waals surface area contributed by atoms with Gasteiger partial charge in [0.2, 0.25) is 5.85 Å². The van der Waals surface area contributed by atoms with Gasteiger partial charge in [-0.15, -0.1) is 0 Å². The molecule has 0 aromatic heterocycles. The Morgan fingerprint density at radius 1 is 1.15 bits per heavy atom. The number of hydroxylamine groups is 1. The summed E-state index contributed by atoms with van der Waals surface area (Å²) in [7, 11) is -10.3. The van der Waals surface area contributed by atoms with E-state index in [-0.39, 0.29) is 24.8 Å². The molecule has 0 radical (unpaired) electrons. The lowest BCUT2D eigenvalue weighted by Gasteiger charge is -2.48. The first-order valence-electron chi connectivity index (χ1n) is 11.5. The Kier molecular flexibility index (Phi) is 9.60. The number of hydrogen-bond acceptors (Lipinski definition) is 9. The van der Waals surface area contributed by atoms with Crippen molar-refractivity contribution < 1.29 is 35.5 Å². The Balaban J connectivity index is 2.66. The van der Waals surface area contributed by atoms with Gasteiger partial charge < -0.3 is 13.5 Å². The normalized spacial score (nSPS) is 22.7. The maximum atomic E-state index is 13.9. The molecule has 0 amide bonds. The quantitative estimate of drug-likeness (QED) is 0.230. The third-order valence-electron chi connectivity index (χ3n) is 6.08. The van der Waals surface area contributed by atoms with Crippen LogP contribution in [0.4, 0.5) is 5.69 Å². The van der Waals surface area contributed by atoms with Crippen LogP contribution in [0.3, 0.4) is 0 Å². The molecule has 0 N–H and O–H groups in total. The van der Waals surface area contributed by atoms with E-state index >= 15 is 0 Å². The highest BCUT2D eigenvalue weighted by Crippen LogP contribution is 2.57. The summed E-state index contributed by atoms with van der Waals surface area (Å²) in [5.41, 5.74) is 1.67. The summed E-state index contributed by atoms with van der Waals surface area (Å²) < 4.78 is 61.8. The lowest BCUT2D eigenvalue weighted by Crippen LogP contribution is -2.60. The maximum Gasteiger partial charge on any atom is 0.364 e. The van der Waals surface area contributed by atoms with Crippen molar-refractivity contribution in [3.05, 3.63) is 29.8 Å². The molecule has 1 aromatic carbocycles. The average molecular weight is 538 g/mol. The van der Waals surface area contributed by atoms with Crippen molar-refractivity contribution in [1.82, 2.24) is 0 Å². The summed E-state index contributed by atoms with van der Waals surface area (Å²) in [6, 6.07) is 7.58. The topological polar surface area (TPSA) is 101 Å². The van der Waals surface area contributed by atoms with E-state index in [9.17, 15) is 13.0 Å². The van der Waals surface area contributed by atoms with Gasteiger partial charge in [0.05, 0.1) is 37.8 Å². The van der Waals surface area contributed by atoms with Gasteiger partial charge in [-0.05, 0) is 50.5 Å². The number of rotatable bonds is 10. The number of anilines is 1. The van der Waals surface area contributed by atoms with E-state index in [4.69, 9.17) is 22.5 Å². The van der Waals surface area contributed by atoms with Crippen molar-refractivity contribution in [2.24, 2.45) is 0 Å². The molecule has 3 atom stereocenters. The molecule has 0 aliphatic carbocycles. The Bertz CT molecular complexity index is 971. The van der Waals surface area contributed by atoms with Crippen LogP contribution in [0, 0.1) is 6.92 Å². The summed E-state index contributed by atoms with van der Waals surface area (Å²) in [6.45, 7) is 16.0. The number of hydrogen-bond donors (Lipinski definition) is 0. The van der Waals surface area contributed by atoms with Gasteiger partial charge in [0.25, 0.3) is 10.1 Å². The van der Waals surface area contributed by atoms with Crippen molar-refractivity contribution in [3.8, 4) is 0 Å². The summed E-state index contributed by atoms with van der Waals surface area (Å²) in [6.07, 6.45) is -1.05. The monoisotopic (exact) mass is 537 g/mol. The number of benzene rings is 1. The first-order chi connectivity index (χ1) is 15.5. The van der Waals surface area contributed by atoms with E-state index in [0.29, 0.717) is 0 Å². The van der Waals surface area contributed by atoms with Crippen molar-refractivity contribution in [1.29, 1.82) is 0 Å². The molecule has 196 valence electrons. The van der Waals surface area contributed by atoms with E-state index in [1.54, 1.807) is 18.9 Å². The molecule has 1 heterocycles. The van der Waals surface area contributed by atoms with Crippen LogP contribution < -0.4 is 5.06 Å². The van der Waals surface area contributed by atoms with Crippen LogP contribution in [0.25, 0.3) is 0 Å². The van der Waals surface area contributed by atoms with Gasteiger partial charge in [0.15, 0.2) is 8.32 Å². The third kappa shape index (κ3) is 7.13. The second-order valence-corrected chi connectivity index (χ2v) is 18.4. The predicted octanol–water partition coefficient (Wildman–Crippen LogP) is 5.07. The molecule has 1 aliphatic rings. The molecule has 0 unspecified atom stereocenters. The molecule has 1 aromatic rings. The van der Waals surface area contributed by atoms with Crippen molar-refractivity contribution >= 4 is 31.7 Å². The van der Waals surface area contributed by atoms with Gasteiger partial charge in [-0.3, -0.25) is 18.6 Å². The van der Waals surface area contributed by atoms with Crippen LogP contribution in [-0.2, 0) is 37.2 Å². The lowest BCUT2D eigenvalue weighted by molar-refractivity contribution is -0.0968. The van der Waals surface area contributed by atoms with Gasteiger partial charge in [0, 0.05) is 0 Å². The van der Waals surface area contributed by atoms with Crippen LogP contribution >= 0.6 is 7.60 Å². The van der Waals surface area contributed by atoms with Gasteiger partial charge >= 0.3 is 7.60 Å². The van der Waals surface area contributed by atoms with E-state index in [1.807, 2.05) is 31.2 Å². The van der Waals surface area contributed by atoms with E-state index in [2.05, 4.69) is 33.9 Å². The first kappa shape index (κ1) is 29.4. The number of para-hydroxylation sites is 1. The van der Waals surface area contributed by atoms with Gasteiger partial charge in [0.1, 0.15) is 6.10 Å². The van der Waals surface area contributed by atoms with E-state index in [1.165, 1.54) is 0 Å². The molecular weight excluding hydrogens is 497 g/mol. The second kappa shape index (κ2) is 11.1. The molecular formula is C22H40NO8PSSi. The zero-order valence-electron chi connectivity index (χ0n) is 21.7. The highest BCUT2D eigenvalue weighted by Gasteiger charge is 2.55. The Morgan fingerprint density at radius 3 is 2.18 bits per heavy atom. The Morgan fingerprint density at radius 2 is 1.71 bits per heavy atom. The molecule has 0 bridgehead atoms. The summed E-state index contributed by atoms with van der Waals surface area (Å²) in [5, 5.41) is 1.43. The fourth-order valence-corrected chi connectivity index (χ4v) is 7.40. The Hall–Kier alpha value is -0.783. The largest absolute Gasteiger partial charge is 0.409 e. The molecule has 1 aliphatic heterocycles. The molecule has 34 heavy (non-hydrogen) atoms. The predicted molar refractivity (Wildman–Crippen MR) is 136 cm³/mol. The fraction of sp³-hybridized carbons (Fsp3) is 0.727. The zero-order valence-corrected chi connectivity index (χ0v) is 24.4. The molecule has 1 saturated heterocycles. The van der Waals surface area contributed by atoms with Crippen LogP contribution in [0.15, 0.2) is 24.3 Å². The molecule has 12 heteroatoms. The van der Waals surface area contributed by atoms with Crippen LogP contribution in [-0.4, -0.2) is 60.8 Å². The molecule has 2 rings (SSSR count). The van der Waals surface area contributed by atoms with Gasteiger partial charge in [-0.1, -0.05) is 39.0 Å². The minimum atomic E-state index is -3.97. The summed E-state index contributed by atoms with van der Waals surface area (Å²) >= 11 is 0. The van der Waals surface area contributed by atoms with Crippen molar-refractivity contribution in [2.45, 2.75) is 77.7 Å². The number of aryl methyl sites for hydroxylation is 1. The summed E-state index contributed by atoms with van der Waals surface area (Å²) in [4.78, 5) is 6.18. The summed E-state index contributed by atoms with van der Waals surface area (Å²) in [5.74, 6) is -1.36. The lowest BCUT2D eigenvalue weighted by atomic mass is 10.1. The van der Waals surface area contributed by atoms with Gasteiger partial charge in [-0.2, -0.15) is 8.42 Å². The van der Waals surface area contributed by atoms with E-state index in [0.717, 1.165) is 17.5 Å². The Labute approximate surface area is 205 Å². The van der Waals surface area contributed by atoms with Crippen LogP contribution in [0.2, 0.25) is 18.1 Å². The maximum absolute atomic E-state index is 13.9. The molecule has 9 nitrogen and oxygen atoms in total. The van der Waals surface area contributed by atoms with Crippen molar-refractivity contribution in [3.63, 3.8) is 0 Å². The smallest absolute Gasteiger partial charge is 0.364 e. The van der Waals surface area contributed by atoms with Crippen LogP contribution in [0.5, 0.6) is 0 Å². The molecule has 0 spiro atoms. The third-order valence-corrected chi connectivity index (χ3v) is 13.4. The van der Waals surface area contributed by atoms with Crippen LogP contribution in [0.1, 0.15) is 40.2 Å². The van der Waals surface area contributed by atoms with Crippen molar-refractivity contribution in [2.75, 3.05) is 31.1 Å². The standard InChI is InChI=1S/C22H40NO8PSSi/c1-10-27-32(24,28-11-2)21-20(30-33(7,25)26)19(31-34(8,9)22(4,5)6)16-23(29-21)18-15-13-12-14-17(18)3/h12-15,19-21H,10-11,16H2,1-9H3/t19-,20-,21+/m1/s1. The average Bonchev–Trinajstić information content (AvgIpc) is 2.68. The second-order valence-electron chi connectivity index (χ2n) is 9.90. The minimum Gasteiger partial charge on any atom is -0.409 e. The van der Waals surface area contributed by atoms with Gasteiger partial charge in [-0.25, -0.2) is 0 Å². The van der Waals surface area contributed by atoms with E-state index < -0.39 is 44.1 Å². The fourth-order valence-electron chi connectivity index (χ4n) is 3.44. The highest BCUT2D eigenvalue weighted by atomic mass is 32.2. The zero-order chi connectivity index (χ0) is 25.9. The number of nitrogens with zero attached hydrogens (tertiary/aromatic N) is 1. The minimum absolute atomic E-state index is 0.0842. The SMILES string of the molecule is CCOP(=O)(OCC)[C@@H]1ON(c2ccccc2C)C[C@@H](O[Si](C)(C)C(C)(C)C)[C@H]1OS(C)(=O)=O. The highest BCUT2D eigenvalue weighted by molar-refractivity contribution is 7.86. The molecule has 1 fully saturated rings.